The van der Waals surface area contributed by atoms with Crippen LogP contribution in [-0.4, -0.2) is 128 Å². The molecule has 298 valence electrons. The van der Waals surface area contributed by atoms with E-state index in [4.69, 9.17) is 11.5 Å². The predicted octanol–water partition coefficient (Wildman–Crippen LogP) is -2.38. The molecule has 1 aliphatic rings. The van der Waals surface area contributed by atoms with Gasteiger partial charge in [-0.1, -0.05) is 34.1 Å². The van der Waals surface area contributed by atoms with Crippen LogP contribution in [-0.2, 0) is 40.0 Å². The maximum Gasteiger partial charge on any atom is 0.326 e. The Hall–Kier alpha value is -4.62. The van der Waals surface area contributed by atoms with Gasteiger partial charge in [0.25, 0.3) is 0 Å². The highest BCUT2D eigenvalue weighted by atomic mass is 16.4. The number of aliphatic carboxylic acids is 1. The van der Waals surface area contributed by atoms with E-state index < -0.39 is 96.2 Å². The van der Waals surface area contributed by atoms with Gasteiger partial charge in [-0.3, -0.25) is 28.8 Å². The van der Waals surface area contributed by atoms with Crippen molar-refractivity contribution in [2.75, 3.05) is 19.7 Å². The Bertz CT molecular complexity index is 1390. The van der Waals surface area contributed by atoms with Crippen LogP contribution in [0.25, 0.3) is 0 Å². The first-order chi connectivity index (χ1) is 25.0. The molecule has 2 heterocycles. The summed E-state index contributed by atoms with van der Waals surface area (Å²) in [6.07, 6.45) is 5.32. The number of nitrogens with zero attached hydrogens (tertiary/aromatic N) is 2. The average Bonchev–Trinajstić information content (AvgIpc) is 3.81. The summed E-state index contributed by atoms with van der Waals surface area (Å²) in [6.45, 7) is 8.31. The lowest BCUT2D eigenvalue weighted by atomic mass is 9.98. The van der Waals surface area contributed by atoms with Crippen LogP contribution < -0.4 is 38.1 Å². The summed E-state index contributed by atoms with van der Waals surface area (Å²) in [5.41, 5.74) is 11.8. The lowest BCUT2D eigenvalue weighted by molar-refractivity contribution is -0.150. The number of rotatable bonds is 22. The standard InChI is InChI=1S/C34H58N10O9/c1-18(2)13-23(31(49)43-27(19(3)4)33(51)44-12-8-10-26(44)34(52)53)40-30(48)24(14-21-15-37-17-38-21)41-32(50)25(16-45)42-28(46)20(5)39-29(47)22(36)9-6-7-11-35/h15,17-20,22-27,45H,6-14,16,35-36H2,1-5H3,(H,37,38)(H,39,47)(H,40,48)(H,41,50)(H,42,46)(H,43,49)(H,52,53)/t20-,22-,23-,24-,25-,26-,27-/m0/s1. The first-order valence-corrected chi connectivity index (χ1v) is 18.1. The smallest absolute Gasteiger partial charge is 0.326 e. The molecule has 0 spiro atoms. The number of aliphatic hydroxyl groups excluding tert-OH is 1. The summed E-state index contributed by atoms with van der Waals surface area (Å²) in [5, 5.41) is 32.4. The molecule has 6 amide bonds. The van der Waals surface area contributed by atoms with Gasteiger partial charge in [0.2, 0.25) is 35.4 Å². The van der Waals surface area contributed by atoms with Gasteiger partial charge in [-0.25, -0.2) is 9.78 Å². The average molecular weight is 751 g/mol. The second-order valence-electron chi connectivity index (χ2n) is 14.2. The summed E-state index contributed by atoms with van der Waals surface area (Å²) in [4.78, 5) is 99.5. The molecular weight excluding hydrogens is 692 g/mol. The van der Waals surface area contributed by atoms with E-state index in [0.29, 0.717) is 44.3 Å². The Kier molecular flexibility index (Phi) is 18.3. The number of aliphatic hydroxyl groups is 1. The molecule has 1 fully saturated rings. The number of nitrogens with two attached hydrogens (primary N) is 2. The van der Waals surface area contributed by atoms with Crippen molar-refractivity contribution >= 4 is 41.4 Å². The molecule has 0 aromatic carbocycles. The first kappa shape index (κ1) is 44.5. The minimum atomic E-state index is -1.52. The molecule has 0 saturated carbocycles. The number of amides is 6. The van der Waals surface area contributed by atoms with Crippen molar-refractivity contribution in [2.45, 2.75) is 122 Å². The van der Waals surface area contributed by atoms with Gasteiger partial charge < -0.3 is 58.1 Å². The highest BCUT2D eigenvalue weighted by molar-refractivity contribution is 5.97. The van der Waals surface area contributed by atoms with Gasteiger partial charge in [-0.05, 0) is 57.4 Å². The second-order valence-corrected chi connectivity index (χ2v) is 14.2. The number of hydrogen-bond donors (Lipinski definition) is 10. The lowest BCUT2D eigenvalue weighted by Crippen LogP contribution is -2.61. The van der Waals surface area contributed by atoms with E-state index in [2.05, 4.69) is 36.6 Å². The molecule has 1 aromatic rings. The van der Waals surface area contributed by atoms with E-state index in [0.717, 1.165) is 0 Å². The zero-order valence-electron chi connectivity index (χ0n) is 31.2. The number of hydrogen-bond acceptors (Lipinski definition) is 11. The number of carbonyl (C=O) groups excluding carboxylic acids is 6. The number of unbranched alkanes of at least 4 members (excludes halogenated alkanes) is 1. The lowest BCUT2D eigenvalue weighted by Gasteiger charge is -2.31. The normalized spacial score (nSPS) is 17.6. The van der Waals surface area contributed by atoms with Gasteiger partial charge in [0.15, 0.2) is 0 Å². The van der Waals surface area contributed by atoms with Gasteiger partial charge in [-0.15, -0.1) is 0 Å². The molecule has 12 N–H and O–H groups in total. The minimum absolute atomic E-state index is 0.105. The van der Waals surface area contributed by atoms with Crippen molar-refractivity contribution in [2.24, 2.45) is 23.3 Å². The van der Waals surface area contributed by atoms with Crippen molar-refractivity contribution in [3.63, 3.8) is 0 Å². The molecule has 1 saturated heterocycles. The number of carbonyl (C=O) groups is 7. The molecule has 53 heavy (non-hydrogen) atoms. The van der Waals surface area contributed by atoms with Crippen LogP contribution in [0.15, 0.2) is 12.5 Å². The quantitative estimate of drug-likeness (QED) is 0.0556. The maximum atomic E-state index is 13.8. The molecule has 0 aliphatic carbocycles. The SMILES string of the molecule is CC(C)C[C@H](NC(=O)[C@H](Cc1cnc[nH]1)NC(=O)[C@H](CO)NC(=O)[C@H](C)NC(=O)[C@@H](N)CCCCN)C(=O)N[C@H](C(=O)N1CCC[C@H]1C(=O)O)C(C)C. The van der Waals surface area contributed by atoms with Gasteiger partial charge in [-0.2, -0.15) is 0 Å². The Morgan fingerprint density at radius 2 is 1.51 bits per heavy atom. The first-order valence-electron chi connectivity index (χ1n) is 18.1. The van der Waals surface area contributed by atoms with E-state index >= 15 is 0 Å². The molecule has 1 aliphatic heterocycles. The maximum absolute atomic E-state index is 13.8. The van der Waals surface area contributed by atoms with Crippen molar-refractivity contribution in [3.8, 4) is 0 Å². The highest BCUT2D eigenvalue weighted by Crippen LogP contribution is 2.21. The van der Waals surface area contributed by atoms with E-state index in [9.17, 15) is 43.8 Å². The Morgan fingerprint density at radius 3 is 2.08 bits per heavy atom. The second kappa shape index (κ2) is 21.8. The summed E-state index contributed by atoms with van der Waals surface area (Å²) in [7, 11) is 0. The van der Waals surface area contributed by atoms with Gasteiger partial charge in [0, 0.05) is 24.9 Å². The van der Waals surface area contributed by atoms with Gasteiger partial charge >= 0.3 is 5.97 Å². The number of likely N-dealkylation sites (tertiary alicyclic amines) is 1. The van der Waals surface area contributed by atoms with Crippen LogP contribution in [0.1, 0.15) is 78.8 Å². The predicted molar refractivity (Wildman–Crippen MR) is 192 cm³/mol. The Labute approximate surface area is 309 Å². The number of carboxylic acids is 1. The zero-order valence-corrected chi connectivity index (χ0v) is 31.2. The van der Waals surface area contributed by atoms with Crippen LogP contribution in [0.5, 0.6) is 0 Å². The number of aromatic amines is 1. The Balaban J connectivity index is 2.20. The number of nitrogens with one attached hydrogen (secondary N) is 6. The zero-order chi connectivity index (χ0) is 39.8. The van der Waals surface area contributed by atoms with Gasteiger partial charge in [0.1, 0.15) is 36.3 Å². The monoisotopic (exact) mass is 750 g/mol. The fourth-order valence-corrected chi connectivity index (χ4v) is 5.82. The molecule has 0 bridgehead atoms. The van der Waals surface area contributed by atoms with E-state index in [-0.39, 0.29) is 25.3 Å². The van der Waals surface area contributed by atoms with Crippen LogP contribution in [0.3, 0.4) is 0 Å². The van der Waals surface area contributed by atoms with Crippen LogP contribution in [0.2, 0.25) is 0 Å². The number of imidazole rings is 1. The summed E-state index contributed by atoms with van der Waals surface area (Å²) < 4.78 is 0. The van der Waals surface area contributed by atoms with Crippen LogP contribution >= 0.6 is 0 Å². The third-order valence-corrected chi connectivity index (χ3v) is 8.88. The Morgan fingerprint density at radius 1 is 0.887 bits per heavy atom. The largest absolute Gasteiger partial charge is 0.480 e. The summed E-state index contributed by atoms with van der Waals surface area (Å²) >= 11 is 0. The summed E-state index contributed by atoms with van der Waals surface area (Å²) in [5.74, 6) is -5.92. The minimum Gasteiger partial charge on any atom is -0.480 e. The number of carboxylic acid groups (broad SMARTS) is 1. The fourth-order valence-electron chi connectivity index (χ4n) is 5.82. The third-order valence-electron chi connectivity index (χ3n) is 8.88. The fraction of sp³-hybridized carbons (Fsp3) is 0.706. The third kappa shape index (κ3) is 14.0. The molecule has 7 atom stereocenters. The highest BCUT2D eigenvalue weighted by Gasteiger charge is 2.40. The van der Waals surface area contributed by atoms with Crippen molar-refractivity contribution in [1.82, 2.24) is 41.5 Å². The number of aromatic nitrogens is 2. The summed E-state index contributed by atoms with van der Waals surface area (Å²) in [6, 6.07) is -8.07. The van der Waals surface area contributed by atoms with Gasteiger partial charge in [0.05, 0.1) is 19.0 Å². The van der Waals surface area contributed by atoms with Crippen LogP contribution in [0.4, 0.5) is 0 Å². The van der Waals surface area contributed by atoms with E-state index in [1.165, 1.54) is 24.3 Å². The molecule has 0 unspecified atom stereocenters. The molecule has 19 nitrogen and oxygen atoms in total. The number of H-pyrrole nitrogens is 1. The molecule has 0 radical (unpaired) electrons. The van der Waals surface area contributed by atoms with Crippen molar-refractivity contribution in [1.29, 1.82) is 0 Å². The van der Waals surface area contributed by atoms with E-state index in [1.807, 2.05) is 13.8 Å². The van der Waals surface area contributed by atoms with Crippen molar-refractivity contribution < 1.29 is 43.8 Å². The topological polar surface area (TPSA) is 304 Å². The molecule has 1 aromatic heterocycles. The van der Waals surface area contributed by atoms with Crippen molar-refractivity contribution in [3.05, 3.63) is 18.2 Å². The molecule has 19 heteroatoms. The molecular formula is C34H58N10O9. The molecule has 2 rings (SSSR count). The van der Waals surface area contributed by atoms with E-state index in [1.54, 1.807) is 13.8 Å². The van der Waals surface area contributed by atoms with Crippen LogP contribution in [0, 0.1) is 11.8 Å².